The molecule has 0 unspecified atom stereocenters. The number of rotatable bonds is 7. The number of carbonyl (C=O) groups excluding carboxylic acids is 1. The van der Waals surface area contributed by atoms with Crippen LogP contribution in [0.3, 0.4) is 0 Å². The molecule has 0 aliphatic rings. The van der Waals surface area contributed by atoms with E-state index in [-0.39, 0.29) is 31.8 Å². The first kappa shape index (κ1) is 23.6. The number of para-hydroxylation sites is 2. The Morgan fingerprint density at radius 3 is 2.22 bits per heavy atom. The van der Waals surface area contributed by atoms with Gasteiger partial charge in [0, 0.05) is 17.5 Å². The van der Waals surface area contributed by atoms with E-state index in [1.54, 1.807) is 18.2 Å². The van der Waals surface area contributed by atoms with Gasteiger partial charge in [-0.2, -0.15) is 0 Å². The van der Waals surface area contributed by atoms with Gasteiger partial charge in [0.1, 0.15) is 10.6 Å². The van der Waals surface area contributed by atoms with Crippen molar-refractivity contribution >= 4 is 48.7 Å². The van der Waals surface area contributed by atoms with E-state index in [0.29, 0.717) is 5.75 Å². The van der Waals surface area contributed by atoms with Crippen LogP contribution in [0.25, 0.3) is 0 Å². The van der Waals surface area contributed by atoms with Crippen molar-refractivity contribution in [2.24, 2.45) is 0 Å². The van der Waals surface area contributed by atoms with Crippen molar-refractivity contribution in [1.29, 1.82) is 0 Å². The standard InChI is InChI=1S/C21H19ClN2O6S2/c1-30-19-6-4-3-5-18(19)24-32(28,29)20-13-15(9-12-17(20)22)23-21(25)14-7-10-16(11-8-14)31(2,26)27/h3-13,24H,1-2H3,(H,23,25). The summed E-state index contributed by atoms with van der Waals surface area (Å²) in [7, 11) is -6.08. The minimum atomic E-state index is -4.10. The highest BCUT2D eigenvalue weighted by Crippen LogP contribution is 2.30. The van der Waals surface area contributed by atoms with Crippen molar-refractivity contribution in [1.82, 2.24) is 0 Å². The Kier molecular flexibility index (Phi) is 6.77. The van der Waals surface area contributed by atoms with Gasteiger partial charge in [0.05, 0.1) is 22.7 Å². The number of benzene rings is 3. The van der Waals surface area contributed by atoms with Crippen LogP contribution in [0.2, 0.25) is 5.02 Å². The highest BCUT2D eigenvalue weighted by Gasteiger charge is 2.21. The Hall–Kier alpha value is -3.08. The fourth-order valence-corrected chi connectivity index (χ4v) is 5.00. The van der Waals surface area contributed by atoms with E-state index >= 15 is 0 Å². The molecule has 0 fully saturated rings. The Balaban J connectivity index is 1.86. The maximum atomic E-state index is 12.9. The molecule has 32 heavy (non-hydrogen) atoms. The number of nitrogens with one attached hydrogen (secondary N) is 2. The minimum Gasteiger partial charge on any atom is -0.495 e. The molecule has 3 aromatic carbocycles. The van der Waals surface area contributed by atoms with Gasteiger partial charge in [0.15, 0.2) is 9.84 Å². The topological polar surface area (TPSA) is 119 Å². The monoisotopic (exact) mass is 494 g/mol. The zero-order valence-electron chi connectivity index (χ0n) is 17.0. The number of hydrogen-bond acceptors (Lipinski definition) is 6. The molecular formula is C21H19ClN2O6S2. The molecule has 0 heterocycles. The molecule has 0 saturated heterocycles. The summed E-state index contributed by atoms with van der Waals surface area (Å²) in [5, 5.41) is 2.54. The van der Waals surface area contributed by atoms with Crippen LogP contribution in [0.1, 0.15) is 10.4 Å². The summed E-state index contributed by atoms with van der Waals surface area (Å²) in [4.78, 5) is 12.4. The van der Waals surface area contributed by atoms with Crippen LogP contribution in [0.4, 0.5) is 11.4 Å². The van der Waals surface area contributed by atoms with Gasteiger partial charge in [-0.1, -0.05) is 23.7 Å². The smallest absolute Gasteiger partial charge is 0.263 e. The lowest BCUT2D eigenvalue weighted by molar-refractivity contribution is 0.102. The average Bonchev–Trinajstić information content (AvgIpc) is 2.74. The summed E-state index contributed by atoms with van der Waals surface area (Å²) < 4.78 is 56.5. The molecule has 0 radical (unpaired) electrons. The molecule has 8 nitrogen and oxygen atoms in total. The highest BCUT2D eigenvalue weighted by atomic mass is 35.5. The first-order chi connectivity index (χ1) is 15.0. The van der Waals surface area contributed by atoms with Gasteiger partial charge in [-0.05, 0) is 54.6 Å². The molecular weight excluding hydrogens is 476 g/mol. The second kappa shape index (κ2) is 9.19. The van der Waals surface area contributed by atoms with Gasteiger partial charge >= 0.3 is 0 Å². The fraction of sp³-hybridized carbons (Fsp3) is 0.0952. The van der Waals surface area contributed by atoms with Gasteiger partial charge in [-0.15, -0.1) is 0 Å². The van der Waals surface area contributed by atoms with E-state index < -0.39 is 25.8 Å². The van der Waals surface area contributed by atoms with Crippen molar-refractivity contribution in [3.63, 3.8) is 0 Å². The van der Waals surface area contributed by atoms with Gasteiger partial charge in [0.25, 0.3) is 15.9 Å². The molecule has 0 saturated carbocycles. The molecule has 0 spiro atoms. The summed E-state index contributed by atoms with van der Waals surface area (Å²) in [6.45, 7) is 0. The van der Waals surface area contributed by atoms with Crippen LogP contribution in [0.15, 0.2) is 76.5 Å². The minimum absolute atomic E-state index is 0.0390. The summed E-state index contributed by atoms with van der Waals surface area (Å²) in [5.74, 6) is -0.220. The second-order valence-corrected chi connectivity index (χ2v) is 10.8. The van der Waals surface area contributed by atoms with Crippen molar-refractivity contribution in [3.8, 4) is 5.75 Å². The molecule has 0 bridgehead atoms. The summed E-state index contributed by atoms with van der Waals surface area (Å²) in [6.07, 6.45) is 1.07. The van der Waals surface area contributed by atoms with Crippen LogP contribution in [-0.2, 0) is 19.9 Å². The van der Waals surface area contributed by atoms with Gasteiger partial charge < -0.3 is 10.1 Å². The maximum absolute atomic E-state index is 12.9. The molecule has 1 amide bonds. The molecule has 3 rings (SSSR count). The highest BCUT2D eigenvalue weighted by molar-refractivity contribution is 7.92. The molecule has 0 aliphatic heterocycles. The number of ether oxygens (including phenoxy) is 1. The average molecular weight is 495 g/mol. The normalized spacial score (nSPS) is 11.6. The first-order valence-corrected chi connectivity index (χ1v) is 12.8. The number of anilines is 2. The molecule has 0 aromatic heterocycles. The Labute approximate surface area is 191 Å². The van der Waals surface area contributed by atoms with E-state index in [0.717, 1.165) is 6.26 Å². The quantitative estimate of drug-likeness (QED) is 0.515. The summed E-state index contributed by atoms with van der Waals surface area (Å²) >= 11 is 6.11. The van der Waals surface area contributed by atoms with Crippen molar-refractivity contribution < 1.29 is 26.4 Å². The molecule has 0 atom stereocenters. The van der Waals surface area contributed by atoms with Crippen LogP contribution < -0.4 is 14.8 Å². The zero-order chi connectivity index (χ0) is 23.5. The lowest BCUT2D eigenvalue weighted by Gasteiger charge is -2.14. The van der Waals surface area contributed by atoms with Gasteiger partial charge in [0.2, 0.25) is 0 Å². The number of methoxy groups -OCH3 is 1. The van der Waals surface area contributed by atoms with E-state index in [1.807, 2.05) is 0 Å². The van der Waals surface area contributed by atoms with Crippen LogP contribution in [0, 0.1) is 0 Å². The van der Waals surface area contributed by atoms with Crippen LogP contribution in [-0.4, -0.2) is 36.1 Å². The Morgan fingerprint density at radius 1 is 0.938 bits per heavy atom. The largest absolute Gasteiger partial charge is 0.495 e. The number of sulfonamides is 1. The third-order valence-electron chi connectivity index (χ3n) is 4.37. The third-order valence-corrected chi connectivity index (χ3v) is 7.35. The van der Waals surface area contributed by atoms with Crippen LogP contribution in [0.5, 0.6) is 5.75 Å². The number of halogens is 1. The lowest BCUT2D eigenvalue weighted by atomic mass is 10.2. The predicted octanol–water partition coefficient (Wildman–Crippen LogP) is 3.81. The number of amides is 1. The summed E-state index contributed by atoms with van der Waals surface area (Å²) in [6, 6.07) is 15.9. The third kappa shape index (κ3) is 5.39. The molecule has 3 aromatic rings. The SMILES string of the molecule is COc1ccccc1NS(=O)(=O)c1cc(NC(=O)c2ccc(S(C)(=O)=O)cc2)ccc1Cl. The molecule has 0 aliphatic carbocycles. The predicted molar refractivity (Wildman–Crippen MR) is 123 cm³/mol. The first-order valence-electron chi connectivity index (χ1n) is 9.08. The Morgan fingerprint density at radius 2 is 1.59 bits per heavy atom. The van der Waals surface area contributed by atoms with Crippen LogP contribution >= 0.6 is 11.6 Å². The van der Waals surface area contributed by atoms with Gasteiger partial charge in [-0.25, -0.2) is 16.8 Å². The molecule has 11 heteroatoms. The maximum Gasteiger partial charge on any atom is 0.263 e. The van der Waals surface area contributed by atoms with Gasteiger partial charge in [-0.3, -0.25) is 9.52 Å². The van der Waals surface area contributed by atoms with E-state index in [4.69, 9.17) is 16.3 Å². The fourth-order valence-electron chi connectivity index (χ4n) is 2.77. The van der Waals surface area contributed by atoms with E-state index in [9.17, 15) is 21.6 Å². The van der Waals surface area contributed by atoms with E-state index in [2.05, 4.69) is 10.0 Å². The van der Waals surface area contributed by atoms with Crippen molar-refractivity contribution in [2.45, 2.75) is 9.79 Å². The van der Waals surface area contributed by atoms with Crippen molar-refractivity contribution in [2.75, 3.05) is 23.4 Å². The Bertz CT molecular complexity index is 1370. The number of carbonyl (C=O) groups is 1. The molecule has 2 N–H and O–H groups in total. The van der Waals surface area contributed by atoms with Crippen molar-refractivity contribution in [3.05, 3.63) is 77.3 Å². The number of sulfone groups is 1. The van der Waals surface area contributed by atoms with E-state index in [1.165, 1.54) is 55.6 Å². The summed E-state index contributed by atoms with van der Waals surface area (Å²) in [5.41, 5.74) is 0.613. The second-order valence-electron chi connectivity index (χ2n) is 6.70. The number of hydrogen-bond donors (Lipinski definition) is 2. The zero-order valence-corrected chi connectivity index (χ0v) is 19.4. The lowest BCUT2D eigenvalue weighted by Crippen LogP contribution is -2.16. The molecule has 168 valence electrons.